The Bertz CT molecular complexity index is 437. The summed E-state index contributed by atoms with van der Waals surface area (Å²) in [4.78, 5) is 22.8. The maximum Gasteiger partial charge on any atom is 0.330 e. The Morgan fingerprint density at radius 2 is 2.19 bits per heavy atom. The van der Waals surface area contributed by atoms with Crippen LogP contribution in [0.5, 0.6) is 0 Å². The average Bonchev–Trinajstić information content (AvgIpc) is 2.99. The summed E-state index contributed by atoms with van der Waals surface area (Å²) in [6.07, 6.45) is 9.20. The molecule has 116 valence electrons. The Hall–Kier alpha value is -2.04. The topological polar surface area (TPSA) is 68.5 Å². The van der Waals surface area contributed by atoms with Gasteiger partial charge < -0.3 is 14.5 Å². The van der Waals surface area contributed by atoms with E-state index >= 15 is 0 Å². The van der Waals surface area contributed by atoms with E-state index in [1.807, 2.05) is 0 Å². The molecule has 0 aliphatic heterocycles. The molecule has 0 radical (unpaired) electrons. The van der Waals surface area contributed by atoms with E-state index in [0.717, 1.165) is 25.7 Å². The summed E-state index contributed by atoms with van der Waals surface area (Å²) in [6, 6.07) is 3.48. The highest BCUT2D eigenvalue weighted by atomic mass is 16.5. The van der Waals surface area contributed by atoms with E-state index in [9.17, 15) is 9.59 Å². The van der Waals surface area contributed by atoms with Gasteiger partial charge in [-0.25, -0.2) is 4.79 Å². The molecule has 1 heterocycles. The molecule has 0 saturated heterocycles. The van der Waals surface area contributed by atoms with Gasteiger partial charge in [-0.1, -0.05) is 26.2 Å². The predicted molar refractivity (Wildman–Crippen MR) is 80.5 cm³/mol. The lowest BCUT2D eigenvalue weighted by molar-refractivity contribution is -0.138. The third-order valence-corrected chi connectivity index (χ3v) is 2.85. The fraction of sp³-hybridized carbons (Fsp3) is 0.500. The first-order valence-corrected chi connectivity index (χ1v) is 7.37. The number of hydrogen-bond acceptors (Lipinski definition) is 4. The molecule has 5 heteroatoms. The zero-order valence-electron chi connectivity index (χ0n) is 12.5. The monoisotopic (exact) mass is 293 g/mol. The average molecular weight is 293 g/mol. The smallest absolute Gasteiger partial charge is 0.330 e. The lowest BCUT2D eigenvalue weighted by atomic mass is 10.1. The Balaban J connectivity index is 2.02. The van der Waals surface area contributed by atoms with Crippen molar-refractivity contribution < 1.29 is 18.7 Å². The van der Waals surface area contributed by atoms with Crippen LogP contribution in [0.3, 0.4) is 0 Å². The summed E-state index contributed by atoms with van der Waals surface area (Å²) in [6.45, 7) is 2.64. The van der Waals surface area contributed by atoms with Crippen LogP contribution in [0.15, 0.2) is 28.9 Å². The number of hydrogen-bond donors (Lipinski definition) is 1. The van der Waals surface area contributed by atoms with Gasteiger partial charge in [0.05, 0.1) is 12.8 Å². The van der Waals surface area contributed by atoms with Crippen molar-refractivity contribution in [2.45, 2.75) is 39.0 Å². The number of rotatable bonds is 10. The summed E-state index contributed by atoms with van der Waals surface area (Å²) in [7, 11) is 0. The van der Waals surface area contributed by atoms with Crippen molar-refractivity contribution in [2.24, 2.45) is 0 Å². The molecule has 0 aromatic carbocycles. The Morgan fingerprint density at radius 1 is 1.33 bits per heavy atom. The van der Waals surface area contributed by atoms with Crippen LogP contribution in [0.2, 0.25) is 0 Å². The zero-order valence-corrected chi connectivity index (χ0v) is 12.5. The number of furan rings is 1. The highest BCUT2D eigenvalue weighted by molar-refractivity contribution is 5.86. The molecule has 0 aliphatic carbocycles. The van der Waals surface area contributed by atoms with Crippen molar-refractivity contribution in [2.75, 3.05) is 13.2 Å². The van der Waals surface area contributed by atoms with E-state index in [1.165, 1.54) is 18.4 Å². The summed E-state index contributed by atoms with van der Waals surface area (Å²) in [5.74, 6) is 0.143. The number of esters is 1. The summed E-state index contributed by atoms with van der Waals surface area (Å²) >= 11 is 0. The maximum atomic E-state index is 11.5. The molecule has 0 saturated carbocycles. The summed E-state index contributed by atoms with van der Waals surface area (Å²) in [5.41, 5.74) is 0. The second-order valence-corrected chi connectivity index (χ2v) is 4.68. The first-order valence-electron chi connectivity index (χ1n) is 7.37. The molecule has 1 N–H and O–H groups in total. The van der Waals surface area contributed by atoms with Gasteiger partial charge in [-0.2, -0.15) is 0 Å². The van der Waals surface area contributed by atoms with Gasteiger partial charge in [-0.15, -0.1) is 0 Å². The number of carbonyl (C=O) groups excluding carboxylic acids is 2. The summed E-state index contributed by atoms with van der Waals surface area (Å²) < 4.78 is 10.00. The molecule has 0 aliphatic rings. The van der Waals surface area contributed by atoms with Crippen LogP contribution < -0.4 is 5.32 Å². The largest absolute Gasteiger partial charge is 0.465 e. The maximum absolute atomic E-state index is 11.5. The van der Waals surface area contributed by atoms with E-state index in [-0.39, 0.29) is 12.5 Å². The second-order valence-electron chi connectivity index (χ2n) is 4.68. The lowest BCUT2D eigenvalue weighted by Crippen LogP contribution is -2.27. The van der Waals surface area contributed by atoms with E-state index in [4.69, 9.17) is 9.15 Å². The summed E-state index contributed by atoms with van der Waals surface area (Å²) in [5, 5.41) is 2.73. The zero-order chi connectivity index (χ0) is 15.3. The van der Waals surface area contributed by atoms with E-state index < -0.39 is 5.97 Å². The van der Waals surface area contributed by atoms with Gasteiger partial charge in [0.25, 0.3) is 0 Å². The Kier molecular flexibility index (Phi) is 8.68. The van der Waals surface area contributed by atoms with Gasteiger partial charge in [0.1, 0.15) is 12.4 Å². The van der Waals surface area contributed by atoms with Gasteiger partial charge >= 0.3 is 5.97 Å². The molecule has 0 fully saturated rings. The number of amides is 1. The molecule has 1 aromatic heterocycles. The molecular formula is C16H23NO4. The van der Waals surface area contributed by atoms with E-state index in [0.29, 0.717) is 18.7 Å². The van der Waals surface area contributed by atoms with Gasteiger partial charge in [-0.3, -0.25) is 4.79 Å². The molecular weight excluding hydrogens is 270 g/mol. The van der Waals surface area contributed by atoms with Crippen molar-refractivity contribution >= 4 is 18.0 Å². The highest BCUT2D eigenvalue weighted by Crippen LogP contribution is 2.03. The highest BCUT2D eigenvalue weighted by Gasteiger charge is 2.01. The minimum Gasteiger partial charge on any atom is -0.465 e. The van der Waals surface area contributed by atoms with Gasteiger partial charge in [0, 0.05) is 12.5 Å². The first-order chi connectivity index (χ1) is 10.2. The van der Waals surface area contributed by atoms with Crippen molar-refractivity contribution in [1.29, 1.82) is 0 Å². The molecule has 0 unspecified atom stereocenters. The van der Waals surface area contributed by atoms with Crippen LogP contribution in [-0.2, 0) is 14.3 Å². The second kappa shape index (κ2) is 10.7. The van der Waals surface area contributed by atoms with Crippen LogP contribution in [0.25, 0.3) is 6.08 Å². The minimum atomic E-state index is -0.455. The fourth-order valence-electron chi connectivity index (χ4n) is 1.73. The van der Waals surface area contributed by atoms with Gasteiger partial charge in [0.2, 0.25) is 5.91 Å². The molecule has 0 bridgehead atoms. The quantitative estimate of drug-likeness (QED) is 0.409. The Labute approximate surface area is 125 Å². The van der Waals surface area contributed by atoms with Crippen molar-refractivity contribution in [3.63, 3.8) is 0 Å². The third kappa shape index (κ3) is 8.68. The number of ether oxygens (including phenoxy) is 1. The predicted octanol–water partition coefficient (Wildman–Crippen LogP) is 2.92. The molecule has 0 spiro atoms. The Morgan fingerprint density at radius 3 is 2.90 bits per heavy atom. The number of nitrogens with one attached hydrogen (secondary N) is 1. The molecule has 1 aromatic rings. The van der Waals surface area contributed by atoms with Crippen LogP contribution in [0.1, 0.15) is 44.8 Å². The van der Waals surface area contributed by atoms with Gasteiger partial charge in [-0.05, 0) is 24.6 Å². The first kappa shape index (κ1) is 17.0. The molecule has 1 rings (SSSR count). The van der Waals surface area contributed by atoms with Crippen LogP contribution in [0, 0.1) is 0 Å². The van der Waals surface area contributed by atoms with Crippen LogP contribution in [-0.4, -0.2) is 25.0 Å². The lowest BCUT2D eigenvalue weighted by Gasteiger charge is -2.05. The molecule has 21 heavy (non-hydrogen) atoms. The van der Waals surface area contributed by atoms with E-state index in [2.05, 4.69) is 12.2 Å². The third-order valence-electron chi connectivity index (χ3n) is 2.85. The van der Waals surface area contributed by atoms with Gasteiger partial charge in [0.15, 0.2) is 0 Å². The van der Waals surface area contributed by atoms with Crippen LogP contribution in [0.4, 0.5) is 0 Å². The number of carbonyl (C=O) groups is 2. The van der Waals surface area contributed by atoms with Crippen molar-refractivity contribution in [3.05, 3.63) is 30.2 Å². The minimum absolute atomic E-state index is 0.00767. The van der Waals surface area contributed by atoms with Crippen LogP contribution >= 0.6 is 0 Å². The van der Waals surface area contributed by atoms with E-state index in [1.54, 1.807) is 12.1 Å². The number of unbranched alkanes of at least 4 members (excludes halogenated alkanes) is 3. The fourth-order valence-corrected chi connectivity index (χ4v) is 1.73. The SMILES string of the molecule is CCCCCCC(=O)NCCOC(=O)/C=C/c1ccco1. The van der Waals surface area contributed by atoms with Crippen molar-refractivity contribution in [3.8, 4) is 0 Å². The van der Waals surface area contributed by atoms with Crippen molar-refractivity contribution in [1.82, 2.24) is 5.32 Å². The standard InChI is InChI=1S/C16H23NO4/c1-2-3-4-5-8-15(18)17-11-13-21-16(19)10-9-14-7-6-12-20-14/h6-7,9-10,12H,2-5,8,11,13H2,1H3,(H,17,18)/b10-9+. The molecule has 1 amide bonds. The normalized spacial score (nSPS) is 10.7. The molecule has 0 atom stereocenters. The molecule has 5 nitrogen and oxygen atoms in total.